The molecule has 1 N–H and O–H groups in total. The van der Waals surface area contributed by atoms with E-state index in [0.29, 0.717) is 28.1 Å². The number of carbonyl (C=O) groups excluding carboxylic acids is 1. The van der Waals surface area contributed by atoms with Gasteiger partial charge in [0.2, 0.25) is 0 Å². The molecule has 0 saturated carbocycles. The highest BCUT2D eigenvalue weighted by Gasteiger charge is 2.37. The van der Waals surface area contributed by atoms with Crippen molar-refractivity contribution in [1.82, 2.24) is 14.3 Å². The van der Waals surface area contributed by atoms with Crippen LogP contribution in [0.4, 0.5) is 26.3 Å². The van der Waals surface area contributed by atoms with E-state index in [1.807, 2.05) is 0 Å². The third-order valence-corrected chi connectivity index (χ3v) is 6.93. The molecule has 2 aromatic carbocycles. The molecule has 222 valence electrons. The van der Waals surface area contributed by atoms with Gasteiger partial charge in [-0.3, -0.25) is 9.36 Å². The Balaban J connectivity index is 1.82. The van der Waals surface area contributed by atoms with E-state index < -0.39 is 64.6 Å². The molecule has 0 fully saturated rings. The number of esters is 1. The number of aliphatic carboxylic acids is 1. The Morgan fingerprint density at radius 1 is 0.976 bits per heavy atom. The van der Waals surface area contributed by atoms with Gasteiger partial charge in [-0.05, 0) is 68.3 Å². The molecule has 15 heteroatoms. The zero-order valence-electron chi connectivity index (χ0n) is 22.0. The van der Waals surface area contributed by atoms with Crippen LogP contribution in [0, 0.1) is 0 Å². The molecule has 0 atom stereocenters. The first-order valence-corrected chi connectivity index (χ1v) is 12.9. The summed E-state index contributed by atoms with van der Waals surface area (Å²) in [6, 6.07) is 6.94. The van der Waals surface area contributed by atoms with Gasteiger partial charge in [0, 0.05) is 11.4 Å². The van der Waals surface area contributed by atoms with Crippen molar-refractivity contribution in [2.24, 2.45) is 0 Å². The van der Waals surface area contributed by atoms with Gasteiger partial charge in [-0.15, -0.1) is 11.8 Å². The van der Waals surface area contributed by atoms with Gasteiger partial charge in [0.1, 0.15) is 4.75 Å². The molecule has 0 aliphatic rings. The zero-order chi connectivity index (χ0) is 30.8. The second-order valence-corrected chi connectivity index (χ2v) is 11.1. The maximum atomic E-state index is 13.2. The molecule has 1 aromatic heterocycles. The Hall–Kier alpha value is -3.75. The summed E-state index contributed by atoms with van der Waals surface area (Å²) < 4.78 is 85.4. The number of nitrogens with zero attached hydrogens (tertiary/aromatic N) is 3. The topological polar surface area (TPSA) is 103 Å². The molecular weight excluding hydrogens is 580 g/mol. The second-order valence-electron chi connectivity index (χ2n) is 9.44. The quantitative estimate of drug-likeness (QED) is 0.176. The Kier molecular flexibility index (Phi) is 9.30. The molecule has 1 heterocycles. The summed E-state index contributed by atoms with van der Waals surface area (Å²) in [6.45, 7) is 3.70. The van der Waals surface area contributed by atoms with E-state index in [-0.39, 0.29) is 24.0 Å². The molecule has 0 bridgehead atoms. The highest BCUT2D eigenvalue weighted by Crippen LogP contribution is 2.36. The highest BCUT2D eigenvalue weighted by atomic mass is 32.2. The van der Waals surface area contributed by atoms with Crippen molar-refractivity contribution in [2.75, 3.05) is 0 Å². The maximum absolute atomic E-state index is 13.2. The van der Waals surface area contributed by atoms with Crippen LogP contribution in [0.2, 0.25) is 0 Å². The van der Waals surface area contributed by atoms with Crippen LogP contribution in [-0.4, -0.2) is 36.1 Å². The van der Waals surface area contributed by atoms with Gasteiger partial charge in [-0.25, -0.2) is 14.3 Å². The summed E-state index contributed by atoms with van der Waals surface area (Å²) >= 11 is 1.07. The lowest BCUT2D eigenvalue weighted by Crippen LogP contribution is -2.26. The summed E-state index contributed by atoms with van der Waals surface area (Å²) in [6.07, 6.45) is -9.67. The number of halogens is 6. The molecule has 0 aliphatic carbocycles. The lowest BCUT2D eigenvalue weighted by Gasteiger charge is -2.18. The lowest BCUT2D eigenvalue weighted by atomic mass is 10.0. The molecule has 0 amide bonds. The van der Waals surface area contributed by atoms with Crippen LogP contribution >= 0.6 is 11.8 Å². The van der Waals surface area contributed by atoms with Crippen molar-refractivity contribution in [3.05, 3.63) is 81.0 Å². The van der Waals surface area contributed by atoms with Gasteiger partial charge >= 0.3 is 30.0 Å². The number of carboxylic acid groups (broad SMARTS) is 1. The van der Waals surface area contributed by atoms with Crippen molar-refractivity contribution < 1.29 is 45.8 Å². The molecule has 8 nitrogen and oxygen atoms in total. The van der Waals surface area contributed by atoms with Crippen LogP contribution < -0.4 is 5.69 Å². The van der Waals surface area contributed by atoms with E-state index in [9.17, 15) is 45.8 Å². The number of thioether (sulfide) groups is 1. The van der Waals surface area contributed by atoms with Gasteiger partial charge in [0.25, 0.3) is 0 Å². The van der Waals surface area contributed by atoms with Crippen LogP contribution in [-0.2, 0) is 41.6 Å². The van der Waals surface area contributed by atoms with E-state index in [1.165, 1.54) is 38.1 Å². The first-order valence-electron chi connectivity index (χ1n) is 12.1. The van der Waals surface area contributed by atoms with Gasteiger partial charge < -0.3 is 9.84 Å². The Morgan fingerprint density at radius 2 is 1.54 bits per heavy atom. The summed E-state index contributed by atoms with van der Waals surface area (Å²) in [5.41, 5.74) is -4.16. The highest BCUT2D eigenvalue weighted by molar-refractivity contribution is 8.01. The monoisotopic (exact) mass is 605 g/mol. The molecule has 0 aliphatic heterocycles. The molecule has 0 radical (unpaired) electrons. The minimum absolute atomic E-state index is 0.00884. The molecule has 0 saturated heterocycles. The van der Waals surface area contributed by atoms with Crippen LogP contribution in [0.5, 0.6) is 0 Å². The van der Waals surface area contributed by atoms with Crippen molar-refractivity contribution in [2.45, 2.75) is 68.9 Å². The average molecular weight is 606 g/mol. The second kappa shape index (κ2) is 12.0. The third-order valence-electron chi connectivity index (χ3n) is 5.74. The average Bonchev–Trinajstić information content (AvgIpc) is 3.15. The van der Waals surface area contributed by atoms with Gasteiger partial charge in [0.05, 0.1) is 23.2 Å². The summed E-state index contributed by atoms with van der Waals surface area (Å²) in [5, 5.41) is 13.3. The normalized spacial score (nSPS) is 12.4. The van der Waals surface area contributed by atoms with Crippen LogP contribution in [0.25, 0.3) is 0 Å². The number of carbonyl (C=O) groups is 2. The smallest absolute Gasteiger partial charge is 0.416 e. The fourth-order valence-electron chi connectivity index (χ4n) is 3.64. The first-order chi connectivity index (χ1) is 18.9. The number of carboxylic acids is 1. The largest absolute Gasteiger partial charge is 0.480 e. The summed E-state index contributed by atoms with van der Waals surface area (Å²) in [5.74, 6) is -1.86. The first kappa shape index (κ1) is 31.8. The van der Waals surface area contributed by atoms with Crippen molar-refractivity contribution in [3.63, 3.8) is 0 Å². The maximum Gasteiger partial charge on any atom is 0.416 e. The molecular formula is C26H25F6N3O5S. The third kappa shape index (κ3) is 7.93. The SMILES string of the molecule is CCCn1c(COC(=O)c2ccc(SC(C)(C)C(=O)O)cc2)nn(Cc2cc(C(F)(F)F)cc(C(F)(F)F)c2)c1=O. The fraction of sp³-hybridized carbons (Fsp3) is 0.385. The molecule has 41 heavy (non-hydrogen) atoms. The van der Waals surface area contributed by atoms with Crippen molar-refractivity contribution in [3.8, 4) is 0 Å². The standard InChI is InChI=1S/C26H25F6N3O5S/c1-4-9-34-20(14-40-21(36)16-5-7-19(8-6-16)41-24(2,3)22(37)38)33-35(23(34)39)13-15-10-17(25(27,28)29)12-18(11-15)26(30,31)32/h5-8,10-12H,4,9,13-14H2,1-3H3,(H,37,38). The molecule has 0 spiro atoms. The Bertz CT molecular complexity index is 1440. The predicted molar refractivity (Wildman–Crippen MR) is 135 cm³/mol. The minimum atomic E-state index is -5.05. The molecule has 0 unspecified atom stereocenters. The number of rotatable bonds is 10. The van der Waals surface area contributed by atoms with Crippen LogP contribution in [0.3, 0.4) is 0 Å². The molecule has 3 aromatic rings. The number of alkyl halides is 6. The number of hydrogen-bond donors (Lipinski definition) is 1. The lowest BCUT2D eigenvalue weighted by molar-refractivity contribution is -0.143. The Morgan fingerprint density at radius 3 is 2.02 bits per heavy atom. The van der Waals surface area contributed by atoms with Crippen LogP contribution in [0.15, 0.2) is 52.2 Å². The van der Waals surface area contributed by atoms with Gasteiger partial charge in [0.15, 0.2) is 12.4 Å². The van der Waals surface area contributed by atoms with E-state index >= 15 is 0 Å². The molecule has 3 rings (SSSR count). The predicted octanol–water partition coefficient (Wildman–Crippen LogP) is 5.85. The van der Waals surface area contributed by atoms with Gasteiger partial charge in [-0.1, -0.05) is 6.92 Å². The zero-order valence-corrected chi connectivity index (χ0v) is 22.8. The number of ether oxygens (including phenoxy) is 1. The van der Waals surface area contributed by atoms with E-state index in [0.717, 1.165) is 16.3 Å². The van der Waals surface area contributed by atoms with Crippen molar-refractivity contribution in [1.29, 1.82) is 0 Å². The van der Waals surface area contributed by atoms with Crippen LogP contribution in [0.1, 0.15) is 60.1 Å². The number of hydrogen-bond acceptors (Lipinski definition) is 6. The van der Waals surface area contributed by atoms with Crippen molar-refractivity contribution >= 4 is 23.7 Å². The number of aromatic nitrogens is 3. The summed E-state index contributed by atoms with van der Waals surface area (Å²) in [4.78, 5) is 37.4. The minimum Gasteiger partial charge on any atom is -0.480 e. The number of benzene rings is 2. The Labute approximate surface area is 233 Å². The van der Waals surface area contributed by atoms with E-state index in [4.69, 9.17) is 4.74 Å². The van der Waals surface area contributed by atoms with E-state index in [2.05, 4.69) is 5.10 Å². The van der Waals surface area contributed by atoms with Gasteiger partial charge in [-0.2, -0.15) is 31.4 Å². The fourth-order valence-corrected chi connectivity index (χ4v) is 4.59. The van der Waals surface area contributed by atoms with E-state index in [1.54, 1.807) is 6.92 Å². The summed E-state index contributed by atoms with van der Waals surface area (Å²) in [7, 11) is 0.